The Balaban J connectivity index is 2.21. The van der Waals surface area contributed by atoms with Crippen LogP contribution in [0.3, 0.4) is 0 Å². The summed E-state index contributed by atoms with van der Waals surface area (Å²) in [6, 6.07) is 9.74. The van der Waals surface area contributed by atoms with Crippen molar-refractivity contribution in [2.24, 2.45) is 0 Å². The molecule has 2 unspecified atom stereocenters. The number of rotatable bonds is 4. The number of aryl methyl sites for hydroxylation is 1. The number of thiophene rings is 1. The minimum atomic E-state index is -4.32. The van der Waals surface area contributed by atoms with E-state index in [4.69, 9.17) is 0 Å². The molecule has 0 bridgehead atoms. The highest BCUT2D eigenvalue weighted by molar-refractivity contribution is 7.12. The molecule has 1 aromatic carbocycles. The van der Waals surface area contributed by atoms with Gasteiger partial charge < -0.3 is 0 Å². The third-order valence-corrected chi connectivity index (χ3v) is 4.25. The average molecular weight is 299 g/mol. The van der Waals surface area contributed by atoms with Crippen LogP contribution in [-0.4, -0.2) is 6.18 Å². The molecule has 0 aliphatic carbocycles. The summed E-state index contributed by atoms with van der Waals surface area (Å²) < 4.78 is 39.7. The highest BCUT2D eigenvalue weighted by Gasteiger charge is 2.41. The Morgan fingerprint density at radius 3 is 2.20 bits per heavy atom. The third kappa shape index (κ3) is 3.61. The van der Waals surface area contributed by atoms with Crippen molar-refractivity contribution in [1.82, 2.24) is 5.32 Å². The van der Waals surface area contributed by atoms with E-state index in [1.54, 1.807) is 25.1 Å². The first-order valence-electron chi connectivity index (χ1n) is 6.32. The molecule has 0 aliphatic heterocycles. The van der Waals surface area contributed by atoms with Crippen LogP contribution >= 0.6 is 11.3 Å². The fourth-order valence-electron chi connectivity index (χ4n) is 2.04. The van der Waals surface area contributed by atoms with Gasteiger partial charge in [0.05, 0.1) is 0 Å². The number of benzene rings is 1. The van der Waals surface area contributed by atoms with Gasteiger partial charge in [-0.05, 0) is 31.5 Å². The summed E-state index contributed by atoms with van der Waals surface area (Å²) in [5, 5.41) is 2.69. The molecule has 0 amide bonds. The van der Waals surface area contributed by atoms with Crippen LogP contribution in [0.15, 0.2) is 42.5 Å². The number of hydrogen-bond donors (Lipinski definition) is 1. The Labute approximate surface area is 120 Å². The summed E-state index contributed by atoms with van der Waals surface area (Å²) in [6.07, 6.45) is -4.32. The maximum atomic E-state index is 13.2. The normalized spacial score (nSPS) is 15.1. The standard InChI is InChI=1S/C15H16F3NS/c1-10-8-9-13(20-10)11(2)19-14(15(16,17)18)12-6-4-3-5-7-12/h3-9,11,14,19H,1-2H3. The van der Waals surface area contributed by atoms with Gasteiger partial charge in [-0.1, -0.05) is 30.3 Å². The Bertz CT molecular complexity index is 548. The first-order valence-corrected chi connectivity index (χ1v) is 7.13. The summed E-state index contributed by atoms with van der Waals surface area (Å²) in [7, 11) is 0. The second-order valence-corrected chi connectivity index (χ2v) is 6.04. The minimum absolute atomic E-state index is 0.236. The number of alkyl halides is 3. The highest BCUT2D eigenvalue weighted by Crippen LogP contribution is 2.35. The zero-order chi connectivity index (χ0) is 14.8. The summed E-state index contributed by atoms with van der Waals surface area (Å²) in [5.74, 6) is 0. The summed E-state index contributed by atoms with van der Waals surface area (Å²) in [5.41, 5.74) is 0.236. The topological polar surface area (TPSA) is 12.0 Å². The van der Waals surface area contributed by atoms with Crippen molar-refractivity contribution in [3.63, 3.8) is 0 Å². The molecule has 1 aromatic heterocycles. The van der Waals surface area contributed by atoms with Crippen LogP contribution < -0.4 is 5.32 Å². The van der Waals surface area contributed by atoms with Gasteiger partial charge in [0, 0.05) is 15.8 Å². The lowest BCUT2D eigenvalue weighted by Crippen LogP contribution is -2.35. The van der Waals surface area contributed by atoms with Crippen LogP contribution in [0.1, 0.15) is 34.3 Å². The van der Waals surface area contributed by atoms with E-state index in [1.165, 1.54) is 23.5 Å². The second kappa shape index (κ2) is 5.97. The fourth-order valence-corrected chi connectivity index (χ4v) is 2.93. The smallest absolute Gasteiger partial charge is 0.295 e. The van der Waals surface area contributed by atoms with Crippen LogP contribution in [0.5, 0.6) is 0 Å². The van der Waals surface area contributed by atoms with Gasteiger partial charge in [-0.3, -0.25) is 5.32 Å². The largest absolute Gasteiger partial charge is 0.407 e. The Morgan fingerprint density at radius 2 is 1.70 bits per heavy atom. The number of halogens is 3. The molecule has 0 radical (unpaired) electrons. The maximum absolute atomic E-state index is 13.2. The van der Waals surface area contributed by atoms with Crippen LogP contribution in [0.25, 0.3) is 0 Å². The zero-order valence-corrected chi connectivity index (χ0v) is 12.1. The molecule has 108 valence electrons. The van der Waals surface area contributed by atoms with Gasteiger partial charge in [0.2, 0.25) is 0 Å². The molecule has 0 saturated heterocycles. The number of nitrogens with one attached hydrogen (secondary N) is 1. The first-order chi connectivity index (χ1) is 9.38. The SMILES string of the molecule is Cc1ccc(C(C)NC(c2ccccc2)C(F)(F)F)s1. The molecule has 0 aliphatic rings. The molecule has 0 saturated carbocycles. The molecule has 1 N–H and O–H groups in total. The molecule has 20 heavy (non-hydrogen) atoms. The predicted octanol–water partition coefficient (Wildman–Crippen LogP) is 5.01. The average Bonchev–Trinajstić information content (AvgIpc) is 2.82. The third-order valence-electron chi connectivity index (χ3n) is 3.06. The van der Waals surface area contributed by atoms with E-state index >= 15 is 0 Å². The van der Waals surface area contributed by atoms with Crippen molar-refractivity contribution in [2.45, 2.75) is 32.1 Å². The Hall–Kier alpha value is -1.33. The van der Waals surface area contributed by atoms with Gasteiger partial charge in [-0.15, -0.1) is 11.3 Å². The van der Waals surface area contributed by atoms with E-state index in [-0.39, 0.29) is 11.6 Å². The molecule has 1 heterocycles. The summed E-state index contributed by atoms with van der Waals surface area (Å²) in [6.45, 7) is 3.70. The predicted molar refractivity (Wildman–Crippen MR) is 75.8 cm³/mol. The van der Waals surface area contributed by atoms with Crippen molar-refractivity contribution >= 4 is 11.3 Å². The zero-order valence-electron chi connectivity index (χ0n) is 11.2. The van der Waals surface area contributed by atoms with Gasteiger partial charge in [0.1, 0.15) is 6.04 Å². The van der Waals surface area contributed by atoms with E-state index in [1.807, 2.05) is 19.1 Å². The lowest BCUT2D eigenvalue weighted by Gasteiger charge is -2.25. The van der Waals surface area contributed by atoms with Crippen molar-refractivity contribution in [1.29, 1.82) is 0 Å². The van der Waals surface area contributed by atoms with E-state index in [9.17, 15) is 13.2 Å². The van der Waals surface area contributed by atoms with Gasteiger partial charge >= 0.3 is 6.18 Å². The monoisotopic (exact) mass is 299 g/mol. The van der Waals surface area contributed by atoms with Crippen molar-refractivity contribution < 1.29 is 13.2 Å². The van der Waals surface area contributed by atoms with Crippen LogP contribution in [-0.2, 0) is 0 Å². The van der Waals surface area contributed by atoms with Crippen molar-refractivity contribution in [3.05, 3.63) is 57.8 Å². The lowest BCUT2D eigenvalue weighted by atomic mass is 10.1. The van der Waals surface area contributed by atoms with Gasteiger partial charge in [0.25, 0.3) is 0 Å². The van der Waals surface area contributed by atoms with E-state index in [2.05, 4.69) is 5.32 Å². The Kier molecular flexibility index (Phi) is 4.50. The van der Waals surface area contributed by atoms with Gasteiger partial charge in [-0.25, -0.2) is 0 Å². The minimum Gasteiger partial charge on any atom is -0.295 e. The Morgan fingerprint density at radius 1 is 1.05 bits per heavy atom. The summed E-state index contributed by atoms with van der Waals surface area (Å²) >= 11 is 1.51. The number of hydrogen-bond acceptors (Lipinski definition) is 2. The quantitative estimate of drug-likeness (QED) is 0.836. The van der Waals surface area contributed by atoms with Crippen LogP contribution in [0.2, 0.25) is 0 Å². The van der Waals surface area contributed by atoms with E-state index in [0.29, 0.717) is 0 Å². The van der Waals surface area contributed by atoms with E-state index in [0.717, 1.165) is 9.75 Å². The van der Waals surface area contributed by atoms with Gasteiger partial charge in [0.15, 0.2) is 0 Å². The molecule has 2 atom stereocenters. The second-order valence-electron chi connectivity index (χ2n) is 4.72. The van der Waals surface area contributed by atoms with E-state index < -0.39 is 12.2 Å². The molecule has 5 heteroatoms. The molecular formula is C15H16F3NS. The van der Waals surface area contributed by atoms with Crippen molar-refractivity contribution in [3.8, 4) is 0 Å². The molecule has 2 aromatic rings. The molecule has 1 nitrogen and oxygen atoms in total. The lowest BCUT2D eigenvalue weighted by molar-refractivity contribution is -0.159. The molecule has 0 fully saturated rings. The van der Waals surface area contributed by atoms with Gasteiger partial charge in [-0.2, -0.15) is 13.2 Å². The van der Waals surface area contributed by atoms with Crippen LogP contribution in [0, 0.1) is 6.92 Å². The molecule has 2 rings (SSSR count). The highest BCUT2D eigenvalue weighted by atomic mass is 32.1. The molecule has 0 spiro atoms. The summed E-state index contributed by atoms with van der Waals surface area (Å²) in [4.78, 5) is 2.00. The fraction of sp³-hybridized carbons (Fsp3) is 0.333. The van der Waals surface area contributed by atoms with Crippen LogP contribution in [0.4, 0.5) is 13.2 Å². The van der Waals surface area contributed by atoms with Crippen molar-refractivity contribution in [2.75, 3.05) is 0 Å². The molecular weight excluding hydrogens is 283 g/mol. The maximum Gasteiger partial charge on any atom is 0.407 e. The first kappa shape index (κ1) is 15.1.